The van der Waals surface area contributed by atoms with Gasteiger partial charge in [-0.15, -0.1) is 5.10 Å². The van der Waals surface area contributed by atoms with Crippen LogP contribution in [0.15, 0.2) is 59.4 Å². The molecular formula is C18H18N4O2. The van der Waals surface area contributed by atoms with Crippen molar-refractivity contribution < 1.29 is 4.79 Å². The van der Waals surface area contributed by atoms with Gasteiger partial charge in [-0.05, 0) is 29.7 Å². The number of rotatable bonds is 4. The molecule has 6 nitrogen and oxygen atoms in total. The van der Waals surface area contributed by atoms with Crippen LogP contribution in [0.4, 0.5) is 5.69 Å². The smallest absolute Gasteiger partial charge is 0.319 e. The van der Waals surface area contributed by atoms with Crippen LogP contribution in [0.5, 0.6) is 0 Å². The Balaban J connectivity index is 1.89. The number of para-hydroxylation sites is 2. The van der Waals surface area contributed by atoms with E-state index in [1.165, 1.54) is 4.68 Å². The number of anilines is 1. The summed E-state index contributed by atoms with van der Waals surface area (Å²) in [6.07, 6.45) is 0. The van der Waals surface area contributed by atoms with Gasteiger partial charge >= 0.3 is 5.69 Å². The van der Waals surface area contributed by atoms with Crippen LogP contribution in [-0.2, 0) is 0 Å². The Hall–Kier alpha value is -3.15. The van der Waals surface area contributed by atoms with Gasteiger partial charge in [0.15, 0.2) is 0 Å². The molecule has 0 spiro atoms. The lowest BCUT2D eigenvalue weighted by molar-refractivity contribution is 0.101. The minimum Gasteiger partial charge on any atom is -0.319 e. The molecule has 0 fully saturated rings. The molecule has 1 heterocycles. The Morgan fingerprint density at radius 3 is 2.46 bits per heavy atom. The highest BCUT2D eigenvalue weighted by Gasteiger charge is 2.16. The van der Waals surface area contributed by atoms with E-state index in [-0.39, 0.29) is 11.7 Å². The number of aromatic nitrogens is 3. The molecule has 2 aromatic carbocycles. The molecule has 0 saturated carbocycles. The number of hydrogen-bond donors (Lipinski definition) is 2. The first kappa shape index (κ1) is 15.7. The fourth-order valence-electron chi connectivity index (χ4n) is 2.47. The molecule has 6 heteroatoms. The third kappa shape index (κ3) is 3.12. The van der Waals surface area contributed by atoms with Gasteiger partial charge in [0.25, 0.3) is 5.91 Å². The van der Waals surface area contributed by atoms with E-state index in [0.29, 0.717) is 11.4 Å². The number of nitrogens with zero attached hydrogens (tertiary/aromatic N) is 2. The van der Waals surface area contributed by atoms with Crippen molar-refractivity contribution >= 4 is 11.6 Å². The van der Waals surface area contributed by atoms with E-state index < -0.39 is 11.6 Å². The van der Waals surface area contributed by atoms with Crippen LogP contribution >= 0.6 is 0 Å². The van der Waals surface area contributed by atoms with Gasteiger partial charge in [-0.1, -0.05) is 50.2 Å². The van der Waals surface area contributed by atoms with Crippen molar-refractivity contribution in [3.8, 4) is 5.69 Å². The summed E-state index contributed by atoms with van der Waals surface area (Å²) in [7, 11) is 0. The number of benzene rings is 2. The van der Waals surface area contributed by atoms with E-state index >= 15 is 0 Å². The Kier molecular flexibility index (Phi) is 4.29. The van der Waals surface area contributed by atoms with Crippen LogP contribution in [0.1, 0.15) is 35.9 Å². The molecule has 3 aromatic rings. The van der Waals surface area contributed by atoms with E-state index in [0.717, 1.165) is 5.56 Å². The van der Waals surface area contributed by atoms with Gasteiger partial charge in [0.2, 0.25) is 5.82 Å². The lowest BCUT2D eigenvalue weighted by atomic mass is 10.0. The molecule has 3 rings (SSSR count). The monoisotopic (exact) mass is 322 g/mol. The quantitative estimate of drug-likeness (QED) is 0.775. The van der Waals surface area contributed by atoms with Crippen LogP contribution < -0.4 is 11.0 Å². The van der Waals surface area contributed by atoms with Gasteiger partial charge in [0, 0.05) is 5.69 Å². The topological polar surface area (TPSA) is 79.8 Å². The van der Waals surface area contributed by atoms with Gasteiger partial charge in [0.05, 0.1) is 5.69 Å². The maximum Gasteiger partial charge on any atom is 0.348 e. The zero-order chi connectivity index (χ0) is 17.1. The van der Waals surface area contributed by atoms with Crippen molar-refractivity contribution in [3.05, 3.63) is 76.5 Å². The van der Waals surface area contributed by atoms with E-state index in [1.54, 1.807) is 24.3 Å². The van der Waals surface area contributed by atoms with Gasteiger partial charge in [-0.3, -0.25) is 9.78 Å². The maximum atomic E-state index is 12.4. The highest BCUT2D eigenvalue weighted by atomic mass is 16.2. The largest absolute Gasteiger partial charge is 0.348 e. The second kappa shape index (κ2) is 6.54. The van der Waals surface area contributed by atoms with Gasteiger partial charge in [-0.2, -0.15) is 4.68 Å². The second-order valence-electron chi connectivity index (χ2n) is 5.72. The van der Waals surface area contributed by atoms with E-state index in [9.17, 15) is 9.59 Å². The Morgan fingerprint density at radius 1 is 1.08 bits per heavy atom. The molecule has 122 valence electrons. The molecule has 0 radical (unpaired) electrons. The lowest BCUT2D eigenvalue weighted by Gasteiger charge is -2.12. The SMILES string of the molecule is CC(C)c1ccccc1NC(=O)c1nn(-c2ccccc2)c(=O)[nH]1. The third-order valence-electron chi connectivity index (χ3n) is 3.66. The molecular weight excluding hydrogens is 304 g/mol. The lowest BCUT2D eigenvalue weighted by Crippen LogP contribution is -2.16. The highest BCUT2D eigenvalue weighted by molar-refractivity contribution is 6.01. The van der Waals surface area contributed by atoms with Crippen LogP contribution in [0.2, 0.25) is 0 Å². The van der Waals surface area contributed by atoms with Crippen molar-refractivity contribution in [3.63, 3.8) is 0 Å². The molecule has 0 aliphatic rings. The summed E-state index contributed by atoms with van der Waals surface area (Å²) < 4.78 is 1.17. The average Bonchev–Trinajstić information content (AvgIpc) is 2.98. The second-order valence-corrected chi connectivity index (χ2v) is 5.72. The van der Waals surface area contributed by atoms with Crippen LogP contribution in [0.3, 0.4) is 0 Å². The molecule has 24 heavy (non-hydrogen) atoms. The Morgan fingerprint density at radius 2 is 1.75 bits per heavy atom. The van der Waals surface area contributed by atoms with Crippen molar-refractivity contribution in [2.45, 2.75) is 19.8 Å². The average molecular weight is 322 g/mol. The van der Waals surface area contributed by atoms with Crippen molar-refractivity contribution in [1.29, 1.82) is 0 Å². The van der Waals surface area contributed by atoms with Gasteiger partial charge in [-0.25, -0.2) is 4.79 Å². The fourth-order valence-corrected chi connectivity index (χ4v) is 2.47. The van der Waals surface area contributed by atoms with Crippen LogP contribution in [0, 0.1) is 0 Å². The number of H-pyrrole nitrogens is 1. The zero-order valence-corrected chi connectivity index (χ0v) is 13.5. The minimum atomic E-state index is -0.455. The summed E-state index contributed by atoms with van der Waals surface area (Å²) in [6, 6.07) is 16.5. The number of aromatic amines is 1. The first-order valence-corrected chi connectivity index (χ1v) is 7.71. The molecule has 0 atom stereocenters. The number of nitrogens with one attached hydrogen (secondary N) is 2. The van der Waals surface area contributed by atoms with E-state index in [1.807, 2.05) is 30.3 Å². The molecule has 2 N–H and O–H groups in total. The molecule has 0 aliphatic carbocycles. The predicted molar refractivity (Wildman–Crippen MR) is 92.7 cm³/mol. The molecule has 1 amide bonds. The summed E-state index contributed by atoms with van der Waals surface area (Å²) in [5, 5.41) is 6.90. The van der Waals surface area contributed by atoms with Crippen LogP contribution in [-0.4, -0.2) is 20.7 Å². The normalized spacial score (nSPS) is 10.8. The summed E-state index contributed by atoms with van der Waals surface area (Å²) in [5.74, 6) is -0.209. The van der Waals surface area contributed by atoms with Crippen LogP contribution in [0.25, 0.3) is 5.69 Å². The van der Waals surface area contributed by atoms with Gasteiger partial charge < -0.3 is 5.32 Å². The van der Waals surface area contributed by atoms with E-state index in [4.69, 9.17) is 0 Å². The Bertz CT molecular complexity index is 910. The molecule has 0 bridgehead atoms. The highest BCUT2D eigenvalue weighted by Crippen LogP contribution is 2.23. The minimum absolute atomic E-state index is 0.0255. The predicted octanol–water partition coefficient (Wildman–Crippen LogP) is 2.94. The number of carbonyl (C=O) groups is 1. The van der Waals surface area contributed by atoms with Crippen molar-refractivity contribution in [2.24, 2.45) is 0 Å². The number of carbonyl (C=O) groups excluding carboxylic acids is 1. The molecule has 0 unspecified atom stereocenters. The zero-order valence-electron chi connectivity index (χ0n) is 13.5. The molecule has 0 saturated heterocycles. The van der Waals surface area contributed by atoms with Gasteiger partial charge in [0.1, 0.15) is 0 Å². The molecule has 1 aromatic heterocycles. The first-order chi connectivity index (χ1) is 11.6. The number of hydrogen-bond acceptors (Lipinski definition) is 3. The van der Waals surface area contributed by atoms with Crippen molar-refractivity contribution in [2.75, 3.05) is 5.32 Å². The van der Waals surface area contributed by atoms with E-state index in [2.05, 4.69) is 29.2 Å². The first-order valence-electron chi connectivity index (χ1n) is 7.71. The summed E-state index contributed by atoms with van der Waals surface area (Å²) >= 11 is 0. The summed E-state index contributed by atoms with van der Waals surface area (Å²) in [4.78, 5) is 27.0. The molecule has 0 aliphatic heterocycles. The fraction of sp³-hybridized carbons (Fsp3) is 0.167. The van der Waals surface area contributed by atoms with Crippen molar-refractivity contribution in [1.82, 2.24) is 14.8 Å². The summed E-state index contributed by atoms with van der Waals surface area (Å²) in [5.41, 5.74) is 1.88. The standard InChI is InChI=1S/C18H18N4O2/c1-12(2)14-10-6-7-11-15(14)19-17(23)16-20-18(24)22(21-16)13-8-4-3-5-9-13/h3-12H,1-2H3,(H,19,23)(H,20,21,24). The number of amides is 1. The summed E-state index contributed by atoms with van der Waals surface area (Å²) in [6.45, 7) is 4.11. The third-order valence-corrected chi connectivity index (χ3v) is 3.66. The maximum absolute atomic E-state index is 12.4. The Labute approximate surface area is 139 Å².